The molecule has 1 aliphatic heterocycles. The van der Waals surface area contributed by atoms with Gasteiger partial charge in [0.05, 0.1) is 15.6 Å². The van der Waals surface area contributed by atoms with Crippen molar-refractivity contribution in [2.24, 2.45) is 5.92 Å². The van der Waals surface area contributed by atoms with E-state index in [1.165, 1.54) is 17.8 Å². The topological polar surface area (TPSA) is 46.3 Å². The molecule has 1 aliphatic rings. The number of nitrogens with two attached hydrogens (primary N) is 1. The van der Waals surface area contributed by atoms with Gasteiger partial charge in [-0.05, 0) is 18.4 Å². The number of hydrogen-bond acceptors (Lipinski definition) is 4. The molecule has 0 aromatic carbocycles. The molecule has 1 aromatic heterocycles. The lowest BCUT2D eigenvalue weighted by molar-refractivity contribution is 0.102. The van der Waals surface area contributed by atoms with Gasteiger partial charge in [0.15, 0.2) is 5.78 Å². The Kier molecular flexibility index (Phi) is 2.69. The first-order chi connectivity index (χ1) is 7.08. The van der Waals surface area contributed by atoms with Gasteiger partial charge in [-0.1, -0.05) is 6.92 Å². The molecule has 1 atom stereocenters. The Morgan fingerprint density at radius 3 is 2.87 bits per heavy atom. The van der Waals surface area contributed by atoms with Gasteiger partial charge in [-0.3, -0.25) is 4.79 Å². The molecular weight excluding hydrogens is 208 g/mol. The fourth-order valence-electron chi connectivity index (χ4n) is 1.96. The molecule has 1 fully saturated rings. The summed E-state index contributed by atoms with van der Waals surface area (Å²) in [4.78, 5) is 14.3. The molecule has 1 aromatic rings. The molecule has 0 bridgehead atoms. The number of Topliss-reactive ketones (excluding diaryl/α,β-unsaturated/α-hetero) is 1. The van der Waals surface area contributed by atoms with E-state index in [0.717, 1.165) is 24.0 Å². The van der Waals surface area contributed by atoms with Gasteiger partial charge in [0, 0.05) is 20.0 Å². The molecule has 1 unspecified atom stereocenters. The first kappa shape index (κ1) is 10.5. The van der Waals surface area contributed by atoms with E-state index in [0.29, 0.717) is 10.6 Å². The number of ketones is 1. The number of thiophene rings is 1. The predicted octanol–water partition coefficient (Wildman–Crippen LogP) is 2.38. The lowest BCUT2D eigenvalue weighted by Crippen LogP contribution is -2.17. The van der Waals surface area contributed by atoms with Crippen molar-refractivity contribution in [3.05, 3.63) is 10.9 Å². The highest BCUT2D eigenvalue weighted by atomic mass is 32.1. The van der Waals surface area contributed by atoms with E-state index in [1.54, 1.807) is 6.92 Å². The summed E-state index contributed by atoms with van der Waals surface area (Å²) < 4.78 is 0. The highest BCUT2D eigenvalue weighted by molar-refractivity contribution is 7.18. The molecule has 1 saturated heterocycles. The van der Waals surface area contributed by atoms with Crippen molar-refractivity contribution >= 4 is 27.8 Å². The molecule has 15 heavy (non-hydrogen) atoms. The van der Waals surface area contributed by atoms with E-state index in [2.05, 4.69) is 11.8 Å². The predicted molar refractivity (Wildman–Crippen MR) is 64.7 cm³/mol. The second kappa shape index (κ2) is 3.85. The summed E-state index contributed by atoms with van der Waals surface area (Å²) in [5.41, 5.74) is 6.43. The van der Waals surface area contributed by atoms with Gasteiger partial charge in [-0.25, -0.2) is 0 Å². The number of nitrogen functional groups attached to an aromatic ring is 1. The van der Waals surface area contributed by atoms with Gasteiger partial charge >= 0.3 is 0 Å². The van der Waals surface area contributed by atoms with E-state index in [-0.39, 0.29) is 5.78 Å². The van der Waals surface area contributed by atoms with Crippen LogP contribution in [0, 0.1) is 5.92 Å². The Balaban J connectivity index is 2.23. The van der Waals surface area contributed by atoms with Crippen LogP contribution in [0.2, 0.25) is 0 Å². The van der Waals surface area contributed by atoms with Gasteiger partial charge < -0.3 is 10.6 Å². The molecule has 2 N–H and O–H groups in total. The van der Waals surface area contributed by atoms with Crippen molar-refractivity contribution in [2.75, 3.05) is 23.7 Å². The number of anilines is 2. The van der Waals surface area contributed by atoms with Gasteiger partial charge in [-0.2, -0.15) is 0 Å². The van der Waals surface area contributed by atoms with Crippen LogP contribution in [0.15, 0.2) is 6.07 Å². The van der Waals surface area contributed by atoms with Crippen LogP contribution in [0.3, 0.4) is 0 Å². The summed E-state index contributed by atoms with van der Waals surface area (Å²) in [5, 5.41) is 1.14. The standard InChI is InChI=1S/C11H16N2OS/c1-7-3-4-13(6-7)10-5-9(12)11(15-10)8(2)14/h5,7H,3-4,6,12H2,1-2H3. The number of hydrogen-bond donors (Lipinski definition) is 1. The largest absolute Gasteiger partial charge is 0.397 e. The zero-order valence-corrected chi connectivity index (χ0v) is 9.93. The Morgan fingerprint density at radius 1 is 1.67 bits per heavy atom. The molecule has 82 valence electrons. The summed E-state index contributed by atoms with van der Waals surface area (Å²) in [6, 6.07) is 1.93. The van der Waals surface area contributed by atoms with Crippen LogP contribution >= 0.6 is 11.3 Å². The fourth-order valence-corrected chi connectivity index (χ4v) is 2.97. The molecular formula is C11H16N2OS. The maximum absolute atomic E-state index is 11.3. The number of carbonyl (C=O) groups is 1. The number of rotatable bonds is 2. The van der Waals surface area contributed by atoms with Gasteiger partial charge in [0.1, 0.15) is 0 Å². The lowest BCUT2D eigenvalue weighted by atomic mass is 10.2. The molecule has 0 saturated carbocycles. The molecule has 0 amide bonds. The average molecular weight is 224 g/mol. The highest BCUT2D eigenvalue weighted by Crippen LogP contribution is 2.35. The van der Waals surface area contributed by atoms with Crippen molar-refractivity contribution in [2.45, 2.75) is 20.3 Å². The molecule has 2 rings (SSSR count). The van der Waals surface area contributed by atoms with Crippen LogP contribution in [0.1, 0.15) is 29.9 Å². The smallest absolute Gasteiger partial charge is 0.171 e. The van der Waals surface area contributed by atoms with Crippen LogP contribution in [0.5, 0.6) is 0 Å². The Morgan fingerprint density at radius 2 is 2.40 bits per heavy atom. The maximum atomic E-state index is 11.3. The number of nitrogens with zero attached hydrogens (tertiary/aromatic N) is 1. The SMILES string of the molecule is CC(=O)c1sc(N2CCC(C)C2)cc1N. The third kappa shape index (κ3) is 2.00. The third-order valence-corrected chi connectivity index (χ3v) is 4.12. The first-order valence-corrected chi connectivity index (χ1v) is 6.04. The van der Waals surface area contributed by atoms with Crippen molar-refractivity contribution < 1.29 is 4.79 Å². The Bertz CT molecular complexity index is 386. The lowest BCUT2D eigenvalue weighted by Gasteiger charge is -2.14. The summed E-state index contributed by atoms with van der Waals surface area (Å²) >= 11 is 1.52. The summed E-state index contributed by atoms with van der Waals surface area (Å²) in [5.74, 6) is 0.810. The zero-order chi connectivity index (χ0) is 11.0. The first-order valence-electron chi connectivity index (χ1n) is 5.23. The zero-order valence-electron chi connectivity index (χ0n) is 9.12. The normalized spacial score (nSPS) is 20.9. The van der Waals surface area contributed by atoms with E-state index in [9.17, 15) is 4.79 Å². The van der Waals surface area contributed by atoms with Gasteiger partial charge in [0.25, 0.3) is 0 Å². The minimum atomic E-state index is 0.0657. The second-order valence-electron chi connectivity index (χ2n) is 4.27. The second-order valence-corrected chi connectivity index (χ2v) is 5.30. The molecule has 2 heterocycles. The van der Waals surface area contributed by atoms with Crippen molar-refractivity contribution in [3.8, 4) is 0 Å². The summed E-state index contributed by atoms with van der Waals surface area (Å²) in [7, 11) is 0. The fraction of sp³-hybridized carbons (Fsp3) is 0.545. The third-order valence-electron chi connectivity index (χ3n) is 2.80. The van der Waals surface area contributed by atoms with Crippen LogP contribution in [0.25, 0.3) is 0 Å². The molecule has 0 spiro atoms. The Hall–Kier alpha value is -1.03. The maximum Gasteiger partial charge on any atom is 0.171 e. The molecule has 0 radical (unpaired) electrons. The van der Waals surface area contributed by atoms with Crippen molar-refractivity contribution in [1.82, 2.24) is 0 Å². The highest BCUT2D eigenvalue weighted by Gasteiger charge is 2.22. The van der Waals surface area contributed by atoms with E-state index in [1.807, 2.05) is 6.07 Å². The van der Waals surface area contributed by atoms with E-state index < -0.39 is 0 Å². The summed E-state index contributed by atoms with van der Waals surface area (Å²) in [6.45, 7) is 5.98. The van der Waals surface area contributed by atoms with Crippen LogP contribution in [-0.4, -0.2) is 18.9 Å². The quantitative estimate of drug-likeness (QED) is 0.784. The molecule has 3 nitrogen and oxygen atoms in total. The van der Waals surface area contributed by atoms with E-state index >= 15 is 0 Å². The molecule has 4 heteroatoms. The van der Waals surface area contributed by atoms with Crippen LogP contribution < -0.4 is 10.6 Å². The van der Waals surface area contributed by atoms with Crippen molar-refractivity contribution in [3.63, 3.8) is 0 Å². The Labute approximate surface area is 93.9 Å². The van der Waals surface area contributed by atoms with Gasteiger partial charge in [0.2, 0.25) is 0 Å². The monoisotopic (exact) mass is 224 g/mol. The molecule has 0 aliphatic carbocycles. The van der Waals surface area contributed by atoms with Crippen LogP contribution in [0.4, 0.5) is 10.7 Å². The minimum absolute atomic E-state index is 0.0657. The minimum Gasteiger partial charge on any atom is -0.397 e. The average Bonchev–Trinajstić information content (AvgIpc) is 2.71. The van der Waals surface area contributed by atoms with E-state index in [4.69, 9.17) is 5.73 Å². The van der Waals surface area contributed by atoms with Gasteiger partial charge in [-0.15, -0.1) is 11.3 Å². The van der Waals surface area contributed by atoms with Crippen LogP contribution in [-0.2, 0) is 0 Å². The van der Waals surface area contributed by atoms with Crippen molar-refractivity contribution in [1.29, 1.82) is 0 Å². The summed E-state index contributed by atoms with van der Waals surface area (Å²) in [6.07, 6.45) is 1.23. The number of carbonyl (C=O) groups excluding carboxylic acids is 1.